The minimum absolute atomic E-state index is 0.00935. The molecule has 1 saturated heterocycles. The van der Waals surface area contributed by atoms with Gasteiger partial charge in [-0.1, -0.05) is 0 Å². The molecule has 1 atom stereocenters. The summed E-state index contributed by atoms with van der Waals surface area (Å²) in [6.45, 7) is 0.926. The smallest absolute Gasteiger partial charge is 0.303 e. The molecule has 3 rings (SSSR count). The van der Waals surface area contributed by atoms with E-state index in [0.717, 1.165) is 25.0 Å². The first-order chi connectivity index (χ1) is 13.5. The van der Waals surface area contributed by atoms with E-state index in [1.54, 1.807) is 18.3 Å². The molecule has 28 heavy (non-hydrogen) atoms. The summed E-state index contributed by atoms with van der Waals surface area (Å²) in [5.41, 5.74) is 0.721. The summed E-state index contributed by atoms with van der Waals surface area (Å²) in [5, 5.41) is 8.59. The number of carboxylic acid groups (broad SMARTS) is 1. The third-order valence-corrected chi connectivity index (χ3v) is 4.29. The van der Waals surface area contributed by atoms with Crippen molar-refractivity contribution in [3.8, 4) is 22.8 Å². The second kappa shape index (κ2) is 9.45. The van der Waals surface area contributed by atoms with Crippen LogP contribution in [0.2, 0.25) is 0 Å². The molecule has 0 aliphatic carbocycles. The molecule has 6 nitrogen and oxygen atoms in total. The van der Waals surface area contributed by atoms with Crippen LogP contribution in [0, 0.1) is 11.6 Å². The first kappa shape index (κ1) is 20.0. The molecule has 2 heterocycles. The fourth-order valence-corrected chi connectivity index (χ4v) is 2.92. The number of nitrogens with zero attached hydrogens (tertiary/aromatic N) is 1. The lowest BCUT2D eigenvalue weighted by Crippen LogP contribution is -2.17. The van der Waals surface area contributed by atoms with Gasteiger partial charge >= 0.3 is 5.97 Å². The summed E-state index contributed by atoms with van der Waals surface area (Å²) in [6, 6.07) is 5.61. The number of rotatable bonds is 9. The van der Waals surface area contributed by atoms with Crippen molar-refractivity contribution in [1.29, 1.82) is 0 Å². The summed E-state index contributed by atoms with van der Waals surface area (Å²) in [5.74, 6) is -3.00. The zero-order chi connectivity index (χ0) is 19.9. The van der Waals surface area contributed by atoms with Crippen LogP contribution in [-0.4, -0.2) is 42.0 Å². The van der Waals surface area contributed by atoms with Gasteiger partial charge in [-0.25, -0.2) is 13.8 Å². The van der Waals surface area contributed by atoms with E-state index in [1.165, 1.54) is 0 Å². The lowest BCUT2D eigenvalue weighted by molar-refractivity contribution is -0.137. The Morgan fingerprint density at radius 3 is 2.75 bits per heavy atom. The second-order valence-corrected chi connectivity index (χ2v) is 6.42. The molecule has 1 fully saturated rings. The van der Waals surface area contributed by atoms with Gasteiger partial charge in [0.2, 0.25) is 5.88 Å². The minimum atomic E-state index is -0.994. The molecule has 1 unspecified atom stereocenters. The van der Waals surface area contributed by atoms with E-state index >= 15 is 0 Å². The Labute approximate surface area is 161 Å². The summed E-state index contributed by atoms with van der Waals surface area (Å²) in [4.78, 5) is 14.7. The highest BCUT2D eigenvalue weighted by atomic mass is 19.1. The largest absolute Gasteiger partial charge is 0.488 e. The van der Waals surface area contributed by atoms with Gasteiger partial charge in [-0.15, -0.1) is 0 Å². The number of carboxylic acids is 1. The van der Waals surface area contributed by atoms with Crippen LogP contribution in [0.4, 0.5) is 8.78 Å². The topological polar surface area (TPSA) is 77.9 Å². The molecule has 2 aromatic rings. The van der Waals surface area contributed by atoms with E-state index < -0.39 is 23.4 Å². The lowest BCUT2D eigenvalue weighted by atomic mass is 10.1. The Morgan fingerprint density at radius 1 is 1.29 bits per heavy atom. The van der Waals surface area contributed by atoms with Crippen molar-refractivity contribution in [1.82, 2.24) is 4.98 Å². The number of carbonyl (C=O) groups is 1. The quantitative estimate of drug-likeness (QED) is 0.653. The monoisotopic (exact) mass is 393 g/mol. The maximum Gasteiger partial charge on any atom is 0.303 e. The van der Waals surface area contributed by atoms with Gasteiger partial charge < -0.3 is 19.3 Å². The molecular weight excluding hydrogens is 372 g/mol. The molecule has 1 aromatic heterocycles. The highest BCUT2D eigenvalue weighted by Crippen LogP contribution is 2.33. The van der Waals surface area contributed by atoms with E-state index in [-0.39, 0.29) is 37.0 Å². The maximum atomic E-state index is 14.4. The average molecular weight is 393 g/mol. The van der Waals surface area contributed by atoms with Crippen LogP contribution in [0.3, 0.4) is 0 Å². The summed E-state index contributed by atoms with van der Waals surface area (Å²) < 4.78 is 45.1. The summed E-state index contributed by atoms with van der Waals surface area (Å²) >= 11 is 0. The fraction of sp³-hybridized carbons (Fsp3) is 0.400. The van der Waals surface area contributed by atoms with Crippen molar-refractivity contribution in [2.24, 2.45) is 0 Å². The predicted molar refractivity (Wildman–Crippen MR) is 96.4 cm³/mol. The van der Waals surface area contributed by atoms with Gasteiger partial charge in [-0.3, -0.25) is 4.79 Å². The number of ether oxygens (including phenoxy) is 3. The normalized spacial score (nSPS) is 16.1. The second-order valence-electron chi connectivity index (χ2n) is 6.42. The molecule has 0 radical (unpaired) electrons. The van der Waals surface area contributed by atoms with Crippen LogP contribution in [0.15, 0.2) is 30.5 Å². The Hall–Kier alpha value is -2.74. The Morgan fingerprint density at radius 2 is 2.07 bits per heavy atom. The number of aliphatic carboxylic acids is 1. The van der Waals surface area contributed by atoms with E-state index in [2.05, 4.69) is 4.98 Å². The molecule has 0 amide bonds. The Kier molecular flexibility index (Phi) is 6.76. The predicted octanol–water partition coefficient (Wildman–Crippen LogP) is 3.83. The van der Waals surface area contributed by atoms with Gasteiger partial charge in [-0.2, -0.15) is 0 Å². The minimum Gasteiger partial charge on any atom is -0.488 e. The van der Waals surface area contributed by atoms with Crippen molar-refractivity contribution in [2.45, 2.75) is 31.8 Å². The molecule has 0 spiro atoms. The van der Waals surface area contributed by atoms with E-state index in [4.69, 9.17) is 19.3 Å². The highest BCUT2D eigenvalue weighted by molar-refractivity contribution is 5.69. The SMILES string of the molecule is O=C(O)CCCOc1c(F)cc(-c2cccnc2OCC2CCCO2)cc1F. The third kappa shape index (κ3) is 5.16. The summed E-state index contributed by atoms with van der Waals surface area (Å²) in [7, 11) is 0. The van der Waals surface area contributed by atoms with Gasteiger partial charge in [0.25, 0.3) is 0 Å². The lowest BCUT2D eigenvalue weighted by Gasteiger charge is -2.14. The van der Waals surface area contributed by atoms with Crippen LogP contribution >= 0.6 is 0 Å². The van der Waals surface area contributed by atoms with Gasteiger partial charge in [0.15, 0.2) is 17.4 Å². The first-order valence-corrected chi connectivity index (χ1v) is 9.08. The Balaban J connectivity index is 1.73. The van der Waals surface area contributed by atoms with Gasteiger partial charge in [-0.05, 0) is 49.1 Å². The number of aromatic nitrogens is 1. The maximum absolute atomic E-state index is 14.4. The van der Waals surface area contributed by atoms with Crippen LogP contribution in [0.25, 0.3) is 11.1 Å². The molecule has 8 heteroatoms. The van der Waals surface area contributed by atoms with E-state index in [1.807, 2.05) is 0 Å². The number of pyridine rings is 1. The molecule has 0 saturated carbocycles. The molecule has 1 aromatic carbocycles. The number of benzene rings is 1. The van der Waals surface area contributed by atoms with Crippen LogP contribution in [0.1, 0.15) is 25.7 Å². The number of hydrogen-bond donors (Lipinski definition) is 1. The zero-order valence-corrected chi connectivity index (χ0v) is 15.2. The van der Waals surface area contributed by atoms with Crippen LogP contribution in [0.5, 0.6) is 11.6 Å². The van der Waals surface area contributed by atoms with Crippen molar-refractivity contribution < 1.29 is 32.9 Å². The van der Waals surface area contributed by atoms with Crippen LogP contribution < -0.4 is 9.47 Å². The zero-order valence-electron chi connectivity index (χ0n) is 15.2. The molecule has 1 aliphatic heterocycles. The van der Waals surface area contributed by atoms with Gasteiger partial charge in [0.1, 0.15) is 6.61 Å². The van der Waals surface area contributed by atoms with Crippen molar-refractivity contribution >= 4 is 5.97 Å². The molecule has 1 aliphatic rings. The highest BCUT2D eigenvalue weighted by Gasteiger charge is 2.19. The molecule has 150 valence electrons. The molecular formula is C20H21F2NO5. The van der Waals surface area contributed by atoms with Crippen molar-refractivity contribution in [3.05, 3.63) is 42.1 Å². The van der Waals surface area contributed by atoms with Crippen molar-refractivity contribution in [2.75, 3.05) is 19.8 Å². The molecule has 1 N–H and O–H groups in total. The third-order valence-electron chi connectivity index (χ3n) is 4.29. The van der Waals surface area contributed by atoms with E-state index in [0.29, 0.717) is 18.8 Å². The molecule has 0 bridgehead atoms. The fourth-order valence-electron chi connectivity index (χ4n) is 2.92. The van der Waals surface area contributed by atoms with Crippen LogP contribution in [-0.2, 0) is 9.53 Å². The standard InChI is InChI=1S/C20H21F2NO5/c21-16-10-13(11-17(22)19(16)27-9-3-6-18(24)25)15-5-1-7-23-20(15)28-12-14-4-2-8-26-14/h1,5,7,10-11,14H,2-4,6,8-9,12H2,(H,24,25). The number of hydrogen-bond acceptors (Lipinski definition) is 5. The Bertz CT molecular complexity index is 801. The van der Waals surface area contributed by atoms with Gasteiger partial charge in [0.05, 0.1) is 12.7 Å². The van der Waals surface area contributed by atoms with Gasteiger partial charge in [0, 0.05) is 24.8 Å². The van der Waals surface area contributed by atoms with E-state index in [9.17, 15) is 13.6 Å². The van der Waals surface area contributed by atoms with Crippen molar-refractivity contribution in [3.63, 3.8) is 0 Å². The summed E-state index contributed by atoms with van der Waals surface area (Å²) in [6.07, 6.45) is 3.43. The number of halogens is 2. The first-order valence-electron chi connectivity index (χ1n) is 9.08. The average Bonchev–Trinajstić information content (AvgIpc) is 3.18.